The van der Waals surface area contributed by atoms with Gasteiger partial charge in [0.25, 0.3) is 0 Å². The summed E-state index contributed by atoms with van der Waals surface area (Å²) in [5, 5.41) is 0. The zero-order chi connectivity index (χ0) is 10.9. The summed E-state index contributed by atoms with van der Waals surface area (Å²) in [4.78, 5) is 23.0. The predicted molar refractivity (Wildman–Crippen MR) is 62.1 cm³/mol. The Balaban J connectivity index is 0. The molecule has 0 aliphatic heterocycles. The molecule has 0 amide bonds. The Labute approximate surface area is 117 Å². The predicted octanol–water partition coefficient (Wildman–Crippen LogP) is 1.69. The Morgan fingerprint density at radius 1 is 0.786 bits per heavy atom. The molecule has 0 unspecified atom stereocenters. The van der Waals surface area contributed by atoms with Gasteiger partial charge in [0.2, 0.25) is 0 Å². The Morgan fingerprint density at radius 2 is 1.00 bits per heavy atom. The average Bonchev–Trinajstić information content (AvgIpc) is 1.82. The molecule has 0 aromatic heterocycles. The molecular formula is C11H22CaO2. The van der Waals surface area contributed by atoms with Gasteiger partial charge in [0.15, 0.2) is 0 Å². The maximum atomic E-state index is 11.5. The van der Waals surface area contributed by atoms with Crippen molar-refractivity contribution < 1.29 is 9.59 Å². The SMILES string of the molecule is CC(C)(C)C(=O)CC(=O)C(C)(C)C.[CaH2]. The summed E-state index contributed by atoms with van der Waals surface area (Å²) >= 11 is 0. The fraction of sp³-hybridized carbons (Fsp3) is 0.818. The van der Waals surface area contributed by atoms with Crippen LogP contribution in [0.4, 0.5) is 0 Å². The number of ketones is 2. The van der Waals surface area contributed by atoms with E-state index in [-0.39, 0.29) is 55.7 Å². The van der Waals surface area contributed by atoms with Crippen molar-refractivity contribution in [2.75, 3.05) is 0 Å². The monoisotopic (exact) mass is 226 g/mol. The summed E-state index contributed by atoms with van der Waals surface area (Å²) in [7, 11) is 0. The number of Topliss-reactive ketones (excluding diaryl/α,β-unsaturated/α-hetero) is 2. The second-order valence-electron chi connectivity index (χ2n) is 5.52. The van der Waals surface area contributed by atoms with Gasteiger partial charge in [-0.25, -0.2) is 0 Å². The van der Waals surface area contributed by atoms with Gasteiger partial charge in [-0.05, 0) is 0 Å². The fourth-order valence-corrected chi connectivity index (χ4v) is 0.676. The van der Waals surface area contributed by atoms with Gasteiger partial charge in [-0.3, -0.25) is 9.59 Å². The van der Waals surface area contributed by atoms with Gasteiger partial charge in [-0.15, -0.1) is 0 Å². The molecule has 0 aliphatic carbocycles. The Hall–Kier alpha value is 0.600. The second kappa shape index (κ2) is 5.62. The molecule has 0 aliphatic rings. The third-order valence-electron chi connectivity index (χ3n) is 1.99. The molecule has 0 rings (SSSR count). The molecule has 0 spiro atoms. The van der Waals surface area contributed by atoms with E-state index in [1.165, 1.54) is 0 Å². The molecule has 0 aromatic carbocycles. The summed E-state index contributed by atoms with van der Waals surface area (Å²) in [6, 6.07) is 0. The molecule has 3 heteroatoms. The number of hydrogen-bond donors (Lipinski definition) is 0. The molecule has 14 heavy (non-hydrogen) atoms. The molecule has 0 bridgehead atoms. The van der Waals surface area contributed by atoms with E-state index in [0.717, 1.165) is 0 Å². The van der Waals surface area contributed by atoms with Crippen molar-refractivity contribution in [2.45, 2.75) is 48.0 Å². The van der Waals surface area contributed by atoms with Crippen molar-refractivity contribution in [1.29, 1.82) is 0 Å². The van der Waals surface area contributed by atoms with Crippen LogP contribution in [0.5, 0.6) is 0 Å². The molecule has 0 radical (unpaired) electrons. The van der Waals surface area contributed by atoms with Crippen LogP contribution in [0.2, 0.25) is 0 Å². The van der Waals surface area contributed by atoms with Crippen LogP contribution in [0.25, 0.3) is 0 Å². The Morgan fingerprint density at radius 3 is 1.14 bits per heavy atom. The quantitative estimate of drug-likeness (QED) is 0.530. The van der Waals surface area contributed by atoms with Gasteiger partial charge < -0.3 is 0 Å². The normalized spacial score (nSPS) is 11.9. The molecular weight excluding hydrogens is 204 g/mol. The van der Waals surface area contributed by atoms with Crippen LogP contribution in [0.15, 0.2) is 0 Å². The molecule has 0 saturated heterocycles. The van der Waals surface area contributed by atoms with Crippen LogP contribution in [0.3, 0.4) is 0 Å². The Kier molecular flexibility index (Phi) is 6.83. The van der Waals surface area contributed by atoms with Gasteiger partial charge in [-0.1, -0.05) is 41.5 Å². The van der Waals surface area contributed by atoms with Crippen molar-refractivity contribution in [1.82, 2.24) is 0 Å². The van der Waals surface area contributed by atoms with E-state index in [1.54, 1.807) is 0 Å². The molecule has 80 valence electrons. The van der Waals surface area contributed by atoms with Gasteiger partial charge in [0.1, 0.15) is 11.6 Å². The topological polar surface area (TPSA) is 34.1 Å². The van der Waals surface area contributed by atoms with Crippen molar-refractivity contribution in [3.8, 4) is 0 Å². The first-order valence-corrected chi connectivity index (χ1v) is 4.62. The summed E-state index contributed by atoms with van der Waals surface area (Å²) in [5.74, 6) is 0.0415. The van der Waals surface area contributed by atoms with Crippen molar-refractivity contribution in [3.63, 3.8) is 0 Å². The first-order chi connectivity index (χ1) is 5.55. The van der Waals surface area contributed by atoms with E-state index in [1.807, 2.05) is 41.5 Å². The average molecular weight is 226 g/mol. The van der Waals surface area contributed by atoms with Gasteiger partial charge in [0, 0.05) is 10.8 Å². The van der Waals surface area contributed by atoms with Crippen LogP contribution in [0.1, 0.15) is 48.0 Å². The number of hydrogen-bond acceptors (Lipinski definition) is 2. The molecule has 0 atom stereocenters. The third-order valence-corrected chi connectivity index (χ3v) is 1.99. The molecule has 0 heterocycles. The third kappa shape index (κ3) is 6.15. The molecule has 0 N–H and O–H groups in total. The molecule has 0 aromatic rings. The van der Waals surface area contributed by atoms with E-state index in [0.29, 0.717) is 0 Å². The van der Waals surface area contributed by atoms with Gasteiger partial charge in [-0.2, -0.15) is 0 Å². The summed E-state index contributed by atoms with van der Waals surface area (Å²) in [6.07, 6.45) is 0.0625. The van der Waals surface area contributed by atoms with Gasteiger partial charge >= 0.3 is 37.7 Å². The molecule has 0 fully saturated rings. The van der Waals surface area contributed by atoms with Crippen LogP contribution in [-0.4, -0.2) is 49.3 Å². The molecule has 2 nitrogen and oxygen atoms in total. The number of carbonyl (C=O) groups is 2. The van der Waals surface area contributed by atoms with Crippen molar-refractivity contribution in [2.24, 2.45) is 10.8 Å². The van der Waals surface area contributed by atoms with Crippen LogP contribution in [0, 0.1) is 10.8 Å². The zero-order valence-electron chi connectivity index (χ0n) is 9.52. The first-order valence-electron chi connectivity index (χ1n) is 4.62. The van der Waals surface area contributed by atoms with Crippen molar-refractivity contribution in [3.05, 3.63) is 0 Å². The van der Waals surface area contributed by atoms with E-state index >= 15 is 0 Å². The summed E-state index contributed by atoms with van der Waals surface area (Å²) in [5.41, 5.74) is -0.804. The minimum atomic E-state index is -0.402. The van der Waals surface area contributed by atoms with E-state index in [4.69, 9.17) is 0 Å². The van der Waals surface area contributed by atoms with Crippen LogP contribution < -0.4 is 0 Å². The minimum absolute atomic E-state index is 0. The number of rotatable bonds is 2. The maximum absolute atomic E-state index is 11.5. The molecule has 0 saturated carbocycles. The Bertz CT molecular complexity index is 194. The van der Waals surface area contributed by atoms with E-state index in [2.05, 4.69) is 0 Å². The van der Waals surface area contributed by atoms with Crippen LogP contribution in [-0.2, 0) is 9.59 Å². The summed E-state index contributed by atoms with van der Waals surface area (Å²) < 4.78 is 0. The number of carbonyl (C=O) groups excluding carboxylic acids is 2. The summed E-state index contributed by atoms with van der Waals surface area (Å²) in [6.45, 7) is 11.0. The van der Waals surface area contributed by atoms with E-state index < -0.39 is 10.8 Å². The first kappa shape index (κ1) is 17.0. The standard InChI is InChI=1S/C11H20O2.Ca.2H/c1-10(2,3)8(12)7-9(13)11(4,5)6;;;/h7H2,1-6H3;;;. The zero-order valence-corrected chi connectivity index (χ0v) is 9.52. The second-order valence-corrected chi connectivity index (χ2v) is 5.52. The van der Waals surface area contributed by atoms with Crippen LogP contribution >= 0.6 is 0 Å². The van der Waals surface area contributed by atoms with Gasteiger partial charge in [0.05, 0.1) is 6.42 Å². The fourth-order valence-electron chi connectivity index (χ4n) is 0.676. The van der Waals surface area contributed by atoms with Crippen molar-refractivity contribution >= 4 is 49.3 Å². The van der Waals surface area contributed by atoms with E-state index in [9.17, 15) is 9.59 Å².